The number of aromatic amines is 1. The normalized spacial score (nSPS) is 11.6. The number of aliphatic carboxylic acids is 1. The van der Waals surface area contributed by atoms with E-state index in [9.17, 15) is 24.3 Å². The topological polar surface area (TPSA) is 139 Å². The summed E-state index contributed by atoms with van der Waals surface area (Å²) >= 11 is 0. The fraction of sp³-hybridized carbons (Fsp3) is 0.259. The highest BCUT2D eigenvalue weighted by Gasteiger charge is 2.18. The highest BCUT2D eigenvalue weighted by atomic mass is 16.5. The van der Waals surface area contributed by atoms with Gasteiger partial charge >= 0.3 is 11.7 Å². The van der Waals surface area contributed by atoms with E-state index < -0.39 is 23.2 Å². The third-order valence-corrected chi connectivity index (χ3v) is 5.62. The van der Waals surface area contributed by atoms with E-state index in [0.717, 1.165) is 11.1 Å². The summed E-state index contributed by atoms with van der Waals surface area (Å²) in [6.07, 6.45) is 1.57. The van der Waals surface area contributed by atoms with Crippen LogP contribution in [0.5, 0.6) is 0 Å². The van der Waals surface area contributed by atoms with E-state index in [0.29, 0.717) is 35.7 Å². The number of rotatable bonds is 11. The smallest absolute Gasteiger partial charge is 0.376 e. The Bertz CT molecular complexity index is 1370. The number of benzene rings is 2. The van der Waals surface area contributed by atoms with Crippen LogP contribution in [0.2, 0.25) is 0 Å². The number of ether oxygens (including phenoxy) is 1. The maximum atomic E-state index is 12.6. The molecule has 0 atom stereocenters. The predicted molar refractivity (Wildman–Crippen MR) is 134 cm³/mol. The molecule has 9 heteroatoms. The zero-order valence-electron chi connectivity index (χ0n) is 20.1. The second-order valence-electron chi connectivity index (χ2n) is 8.55. The van der Waals surface area contributed by atoms with Crippen LogP contribution in [0, 0.1) is 0 Å². The van der Waals surface area contributed by atoms with Crippen LogP contribution < -0.4 is 11.2 Å². The van der Waals surface area contributed by atoms with Gasteiger partial charge in [0.1, 0.15) is 12.5 Å². The zero-order chi connectivity index (χ0) is 26.2. The Morgan fingerprint density at radius 3 is 2.28 bits per heavy atom. The number of aliphatic hydroxyl groups is 1. The molecule has 0 bridgehead atoms. The maximum Gasteiger partial charge on any atom is 0.376 e. The van der Waals surface area contributed by atoms with Gasteiger partial charge in [-0.2, -0.15) is 0 Å². The summed E-state index contributed by atoms with van der Waals surface area (Å²) in [5, 5.41) is 18.5. The van der Waals surface area contributed by atoms with E-state index >= 15 is 0 Å². The number of carboxylic acids is 1. The van der Waals surface area contributed by atoms with Gasteiger partial charge in [0.25, 0.3) is 11.3 Å². The molecule has 0 aliphatic rings. The van der Waals surface area contributed by atoms with Crippen LogP contribution in [-0.4, -0.2) is 38.1 Å². The minimum atomic E-state index is -1.65. The number of nitrogens with zero attached hydrogens (tertiary/aromatic N) is 1. The number of hydrogen-bond acceptors (Lipinski definition) is 6. The molecule has 0 aliphatic heterocycles. The quantitative estimate of drug-likeness (QED) is 0.162. The lowest BCUT2D eigenvalue weighted by Crippen LogP contribution is -2.36. The number of aliphatic hydroxyl groups excluding tert-OH is 1. The minimum Gasteiger partial charge on any atom is -0.507 e. The largest absolute Gasteiger partial charge is 0.507 e. The van der Waals surface area contributed by atoms with Crippen molar-refractivity contribution < 1.29 is 24.5 Å². The molecule has 3 N–H and O–H groups in total. The first-order chi connectivity index (χ1) is 17.2. The Kier molecular flexibility index (Phi) is 8.75. The van der Waals surface area contributed by atoms with Gasteiger partial charge in [-0.15, -0.1) is 0 Å². The van der Waals surface area contributed by atoms with Gasteiger partial charge in [0.05, 0.1) is 6.61 Å². The van der Waals surface area contributed by atoms with Gasteiger partial charge in [-0.1, -0.05) is 68.4 Å². The first-order valence-electron chi connectivity index (χ1n) is 11.4. The lowest BCUT2D eigenvalue weighted by atomic mass is 9.98. The van der Waals surface area contributed by atoms with Crippen LogP contribution in [0.25, 0.3) is 5.76 Å². The lowest BCUT2D eigenvalue weighted by molar-refractivity contribution is -0.146. The molecule has 0 radical (unpaired) electrons. The van der Waals surface area contributed by atoms with E-state index in [1.165, 1.54) is 4.57 Å². The molecule has 0 aliphatic carbocycles. The second kappa shape index (κ2) is 11.9. The van der Waals surface area contributed by atoms with Crippen molar-refractivity contribution in [2.45, 2.75) is 39.3 Å². The Morgan fingerprint density at radius 1 is 1.00 bits per heavy atom. The van der Waals surface area contributed by atoms with Gasteiger partial charge < -0.3 is 14.9 Å². The van der Waals surface area contributed by atoms with Gasteiger partial charge in [0, 0.05) is 29.3 Å². The van der Waals surface area contributed by atoms with Gasteiger partial charge in [0.15, 0.2) is 0 Å². The maximum absolute atomic E-state index is 12.6. The number of carbonyl (C=O) groups excluding carboxylic acids is 1. The molecule has 0 saturated carbocycles. The summed E-state index contributed by atoms with van der Waals surface area (Å²) in [4.78, 5) is 49.4. The van der Waals surface area contributed by atoms with Crippen molar-refractivity contribution in [2.24, 2.45) is 0 Å². The monoisotopic (exact) mass is 492 g/mol. The molecule has 1 aromatic heterocycles. The molecule has 0 unspecified atom stereocenters. The molecule has 3 aromatic rings. The fourth-order valence-electron chi connectivity index (χ4n) is 3.80. The van der Waals surface area contributed by atoms with Crippen molar-refractivity contribution in [2.75, 3.05) is 6.61 Å². The molecular formula is C27H28N2O7. The average Bonchev–Trinajstić information content (AvgIpc) is 2.83. The van der Waals surface area contributed by atoms with Crippen molar-refractivity contribution >= 4 is 17.5 Å². The molecule has 3 rings (SSSR count). The number of hydrogen-bond donors (Lipinski definition) is 3. The molecule has 188 valence electrons. The molecule has 9 nitrogen and oxygen atoms in total. The van der Waals surface area contributed by atoms with E-state index in [1.807, 2.05) is 44.2 Å². The van der Waals surface area contributed by atoms with E-state index in [-0.39, 0.29) is 24.8 Å². The summed E-state index contributed by atoms with van der Waals surface area (Å²) in [5.74, 6) is -3.39. The lowest BCUT2D eigenvalue weighted by Gasteiger charge is -2.18. The number of carboxylic acid groups (broad SMARTS) is 1. The summed E-state index contributed by atoms with van der Waals surface area (Å²) in [6, 6.07) is 16.2. The number of H-pyrrole nitrogens is 1. The highest BCUT2D eigenvalue weighted by molar-refractivity contribution is 6.38. The first-order valence-corrected chi connectivity index (χ1v) is 11.4. The molecule has 0 saturated heterocycles. The van der Waals surface area contributed by atoms with Gasteiger partial charge in [-0.3, -0.25) is 19.1 Å². The minimum absolute atomic E-state index is 0.0313. The standard InChI is InChI=1S/C27H28N2O7/c1-17(2)24-21(14-19-6-4-3-5-7-19)29(27(35)28-25(24)32)16-36-13-12-18-8-10-20(11-9-18)22(30)15-23(31)26(33)34/h3-11,15,17,30H,12-14,16H2,1-2H3,(H,33,34)(H,28,32,35)/b22-15-. The fourth-order valence-corrected chi connectivity index (χ4v) is 3.80. The molecular weight excluding hydrogens is 464 g/mol. The summed E-state index contributed by atoms with van der Waals surface area (Å²) in [7, 11) is 0. The van der Waals surface area contributed by atoms with Gasteiger partial charge in [0.2, 0.25) is 0 Å². The first kappa shape index (κ1) is 26.4. The number of ketones is 1. The second-order valence-corrected chi connectivity index (χ2v) is 8.55. The van der Waals surface area contributed by atoms with Crippen molar-refractivity contribution in [1.82, 2.24) is 9.55 Å². The Morgan fingerprint density at radius 2 is 1.67 bits per heavy atom. The number of nitrogens with one attached hydrogen (secondary N) is 1. The Balaban J connectivity index is 1.71. The van der Waals surface area contributed by atoms with Crippen molar-refractivity contribution in [3.8, 4) is 0 Å². The predicted octanol–water partition coefficient (Wildman–Crippen LogP) is 3.02. The van der Waals surface area contributed by atoms with E-state index in [2.05, 4.69) is 4.98 Å². The summed E-state index contributed by atoms with van der Waals surface area (Å²) in [6.45, 7) is 4.06. The SMILES string of the molecule is CC(C)c1c(Cc2ccccc2)n(COCCc2ccc(/C(O)=C/C(=O)C(=O)O)cc2)c(=O)[nH]c1=O. The van der Waals surface area contributed by atoms with Crippen molar-refractivity contribution in [3.63, 3.8) is 0 Å². The Labute approximate surface area is 207 Å². The molecule has 2 aromatic carbocycles. The van der Waals surface area contributed by atoms with Crippen LogP contribution in [0.15, 0.2) is 70.3 Å². The van der Waals surface area contributed by atoms with E-state index in [1.54, 1.807) is 24.3 Å². The third kappa shape index (κ3) is 6.67. The summed E-state index contributed by atoms with van der Waals surface area (Å²) in [5.41, 5.74) is 2.40. The zero-order valence-corrected chi connectivity index (χ0v) is 20.1. The van der Waals surface area contributed by atoms with Crippen LogP contribution >= 0.6 is 0 Å². The Hall–Kier alpha value is -4.24. The van der Waals surface area contributed by atoms with Crippen LogP contribution in [-0.2, 0) is 33.9 Å². The molecule has 0 fully saturated rings. The van der Waals surface area contributed by atoms with Gasteiger partial charge in [-0.05, 0) is 23.5 Å². The molecule has 36 heavy (non-hydrogen) atoms. The third-order valence-electron chi connectivity index (χ3n) is 5.62. The van der Waals surface area contributed by atoms with Crippen molar-refractivity contribution in [1.29, 1.82) is 0 Å². The highest BCUT2D eigenvalue weighted by Crippen LogP contribution is 2.18. The van der Waals surface area contributed by atoms with E-state index in [4.69, 9.17) is 9.84 Å². The van der Waals surface area contributed by atoms with Crippen LogP contribution in [0.1, 0.15) is 47.7 Å². The number of carbonyl (C=O) groups is 2. The number of aromatic nitrogens is 2. The average molecular weight is 493 g/mol. The molecule has 1 heterocycles. The summed E-state index contributed by atoms with van der Waals surface area (Å²) < 4.78 is 7.24. The van der Waals surface area contributed by atoms with Crippen LogP contribution in [0.4, 0.5) is 0 Å². The molecule has 0 spiro atoms. The van der Waals surface area contributed by atoms with Gasteiger partial charge in [-0.25, -0.2) is 9.59 Å². The molecule has 0 amide bonds. The van der Waals surface area contributed by atoms with Crippen LogP contribution in [0.3, 0.4) is 0 Å². The van der Waals surface area contributed by atoms with Crippen molar-refractivity contribution in [3.05, 3.63) is 109 Å².